The van der Waals surface area contributed by atoms with Crippen LogP contribution in [0.4, 0.5) is 0 Å². The highest BCUT2D eigenvalue weighted by Gasteiger charge is 2.23. The van der Waals surface area contributed by atoms with Crippen molar-refractivity contribution in [3.05, 3.63) is 29.1 Å². The average molecular weight is 294 g/mol. The highest BCUT2D eigenvalue weighted by molar-refractivity contribution is 7.17. The Balaban J connectivity index is 2.35. The Morgan fingerprint density at radius 2 is 2.10 bits per heavy atom. The monoisotopic (exact) mass is 294 g/mol. The number of rotatable bonds is 4. The van der Waals surface area contributed by atoms with Crippen molar-refractivity contribution in [1.29, 1.82) is 0 Å². The van der Waals surface area contributed by atoms with Crippen LogP contribution < -0.4 is 0 Å². The standard InChI is InChI=1S/C13H14N2O4S/c1-3-19-15(2)13(18)10-11(17)14-12(20-10)8-6-4-5-7-9(8)16/h4-7,16-17H,3H2,1-2H3. The summed E-state index contributed by atoms with van der Waals surface area (Å²) in [5.41, 5.74) is 0.464. The number of phenolic OH excluding ortho intramolecular Hbond substituents is 1. The number of carbonyl (C=O) groups is 1. The van der Waals surface area contributed by atoms with E-state index in [0.717, 1.165) is 16.4 Å². The lowest BCUT2D eigenvalue weighted by atomic mass is 10.2. The number of amides is 1. The van der Waals surface area contributed by atoms with Crippen LogP contribution in [0.3, 0.4) is 0 Å². The molecule has 0 radical (unpaired) electrons. The molecule has 0 fully saturated rings. The van der Waals surface area contributed by atoms with Crippen molar-refractivity contribution in [3.8, 4) is 22.2 Å². The van der Waals surface area contributed by atoms with Gasteiger partial charge in [-0.3, -0.25) is 9.63 Å². The molecule has 1 amide bonds. The van der Waals surface area contributed by atoms with Gasteiger partial charge in [-0.2, -0.15) is 0 Å². The molecule has 2 N–H and O–H groups in total. The van der Waals surface area contributed by atoms with E-state index in [-0.39, 0.29) is 16.5 Å². The molecule has 0 atom stereocenters. The number of nitrogens with zero attached hydrogens (tertiary/aromatic N) is 2. The van der Waals surface area contributed by atoms with E-state index in [4.69, 9.17) is 4.84 Å². The summed E-state index contributed by atoms with van der Waals surface area (Å²) in [6.45, 7) is 2.10. The first-order valence-electron chi connectivity index (χ1n) is 5.93. The van der Waals surface area contributed by atoms with E-state index in [1.807, 2.05) is 0 Å². The van der Waals surface area contributed by atoms with Crippen LogP contribution in [0.2, 0.25) is 0 Å². The minimum Gasteiger partial charge on any atom is -0.507 e. The number of thiazole rings is 1. The topological polar surface area (TPSA) is 82.9 Å². The molecule has 0 spiro atoms. The largest absolute Gasteiger partial charge is 0.507 e. The van der Waals surface area contributed by atoms with Crippen LogP contribution in [0, 0.1) is 0 Å². The van der Waals surface area contributed by atoms with Gasteiger partial charge in [0.15, 0.2) is 4.88 Å². The number of para-hydroxylation sites is 1. The van der Waals surface area contributed by atoms with Gasteiger partial charge in [-0.1, -0.05) is 12.1 Å². The Hall–Kier alpha value is -2.12. The van der Waals surface area contributed by atoms with E-state index in [2.05, 4.69) is 4.98 Å². The highest BCUT2D eigenvalue weighted by Crippen LogP contribution is 2.36. The minimum atomic E-state index is -0.483. The Morgan fingerprint density at radius 3 is 2.75 bits per heavy atom. The van der Waals surface area contributed by atoms with E-state index in [0.29, 0.717) is 17.2 Å². The number of hydroxylamine groups is 2. The maximum atomic E-state index is 12.0. The first-order valence-corrected chi connectivity index (χ1v) is 6.75. The number of aromatic nitrogens is 1. The number of benzene rings is 1. The molecule has 106 valence electrons. The van der Waals surface area contributed by atoms with Crippen molar-refractivity contribution in [3.63, 3.8) is 0 Å². The fraction of sp³-hybridized carbons (Fsp3) is 0.231. The lowest BCUT2D eigenvalue weighted by Gasteiger charge is -2.13. The van der Waals surface area contributed by atoms with Crippen LogP contribution in [0.5, 0.6) is 11.6 Å². The molecule has 6 nitrogen and oxygen atoms in total. The summed E-state index contributed by atoms with van der Waals surface area (Å²) in [6, 6.07) is 6.60. The Bertz CT molecular complexity index is 627. The molecule has 0 saturated carbocycles. The van der Waals surface area contributed by atoms with Crippen molar-refractivity contribution >= 4 is 17.2 Å². The summed E-state index contributed by atoms with van der Waals surface area (Å²) < 4.78 is 0. The van der Waals surface area contributed by atoms with Crippen molar-refractivity contribution in [2.45, 2.75) is 6.92 Å². The van der Waals surface area contributed by atoms with Gasteiger partial charge in [-0.25, -0.2) is 10.0 Å². The quantitative estimate of drug-likeness (QED) is 0.845. The zero-order valence-electron chi connectivity index (χ0n) is 11.0. The zero-order chi connectivity index (χ0) is 14.7. The lowest BCUT2D eigenvalue weighted by molar-refractivity contribution is -0.0999. The summed E-state index contributed by atoms with van der Waals surface area (Å²) in [6.07, 6.45) is 0. The Morgan fingerprint density at radius 1 is 1.40 bits per heavy atom. The normalized spacial score (nSPS) is 10.5. The van der Waals surface area contributed by atoms with Gasteiger partial charge < -0.3 is 10.2 Å². The van der Waals surface area contributed by atoms with E-state index >= 15 is 0 Å². The first kappa shape index (κ1) is 14.3. The maximum absolute atomic E-state index is 12.0. The number of carbonyl (C=O) groups excluding carboxylic acids is 1. The van der Waals surface area contributed by atoms with Gasteiger partial charge in [-0.05, 0) is 19.1 Å². The van der Waals surface area contributed by atoms with Gasteiger partial charge in [0.25, 0.3) is 5.91 Å². The summed E-state index contributed by atoms with van der Waals surface area (Å²) in [7, 11) is 1.46. The van der Waals surface area contributed by atoms with E-state index in [9.17, 15) is 15.0 Å². The predicted molar refractivity (Wildman–Crippen MR) is 74.6 cm³/mol. The zero-order valence-corrected chi connectivity index (χ0v) is 11.8. The van der Waals surface area contributed by atoms with Crippen LogP contribution in [0.25, 0.3) is 10.6 Å². The van der Waals surface area contributed by atoms with Crippen molar-refractivity contribution < 1.29 is 19.8 Å². The molecular formula is C13H14N2O4S. The third-order valence-corrected chi connectivity index (χ3v) is 3.61. The number of hydrogen-bond donors (Lipinski definition) is 2. The average Bonchev–Trinajstić information content (AvgIpc) is 2.80. The van der Waals surface area contributed by atoms with Crippen LogP contribution >= 0.6 is 11.3 Å². The molecule has 0 aliphatic rings. The van der Waals surface area contributed by atoms with Gasteiger partial charge in [0.2, 0.25) is 5.88 Å². The SMILES string of the molecule is CCON(C)C(=O)c1sc(-c2ccccc2O)nc1O. The van der Waals surface area contributed by atoms with Crippen molar-refractivity contribution in [1.82, 2.24) is 10.0 Å². The van der Waals surface area contributed by atoms with Crippen LogP contribution in [0.1, 0.15) is 16.6 Å². The van der Waals surface area contributed by atoms with E-state index < -0.39 is 5.91 Å². The summed E-state index contributed by atoms with van der Waals surface area (Å²) in [4.78, 5) is 21.1. The van der Waals surface area contributed by atoms with Gasteiger partial charge >= 0.3 is 0 Å². The van der Waals surface area contributed by atoms with Crippen LogP contribution in [-0.2, 0) is 4.84 Å². The van der Waals surface area contributed by atoms with Gasteiger partial charge in [0, 0.05) is 7.05 Å². The Kier molecular flexibility index (Phi) is 4.21. The molecule has 20 heavy (non-hydrogen) atoms. The molecule has 0 bridgehead atoms. The van der Waals surface area contributed by atoms with E-state index in [1.54, 1.807) is 25.1 Å². The summed E-state index contributed by atoms with van der Waals surface area (Å²) in [5.74, 6) is -0.813. The lowest BCUT2D eigenvalue weighted by Crippen LogP contribution is -2.26. The first-order chi connectivity index (χ1) is 9.54. The third kappa shape index (κ3) is 2.73. The second kappa shape index (κ2) is 5.89. The predicted octanol–water partition coefficient (Wildman–Crippen LogP) is 2.24. The molecule has 7 heteroatoms. The molecule has 2 rings (SSSR count). The van der Waals surface area contributed by atoms with E-state index in [1.165, 1.54) is 13.1 Å². The minimum absolute atomic E-state index is 0.0402. The number of phenols is 1. The molecule has 1 aromatic heterocycles. The highest BCUT2D eigenvalue weighted by atomic mass is 32.1. The smallest absolute Gasteiger partial charge is 0.292 e. The fourth-order valence-electron chi connectivity index (χ4n) is 1.62. The van der Waals surface area contributed by atoms with Crippen LogP contribution in [-0.4, -0.2) is 39.8 Å². The second-order valence-electron chi connectivity index (χ2n) is 3.91. The molecule has 0 unspecified atom stereocenters. The number of hydrogen-bond acceptors (Lipinski definition) is 6. The maximum Gasteiger partial charge on any atom is 0.292 e. The number of aromatic hydroxyl groups is 2. The van der Waals surface area contributed by atoms with Crippen LogP contribution in [0.15, 0.2) is 24.3 Å². The van der Waals surface area contributed by atoms with Gasteiger partial charge in [0.05, 0.1) is 12.2 Å². The fourth-order valence-corrected chi connectivity index (χ4v) is 2.58. The second-order valence-corrected chi connectivity index (χ2v) is 4.91. The Labute approximate surface area is 119 Å². The van der Waals surface area contributed by atoms with Gasteiger partial charge in [-0.15, -0.1) is 11.3 Å². The van der Waals surface area contributed by atoms with Crippen molar-refractivity contribution in [2.24, 2.45) is 0 Å². The molecule has 0 saturated heterocycles. The molecule has 1 heterocycles. The van der Waals surface area contributed by atoms with Crippen molar-refractivity contribution in [2.75, 3.05) is 13.7 Å². The summed E-state index contributed by atoms with van der Waals surface area (Å²) >= 11 is 0.997. The third-order valence-electron chi connectivity index (χ3n) is 2.55. The molecule has 1 aromatic carbocycles. The molecular weight excluding hydrogens is 280 g/mol. The van der Waals surface area contributed by atoms with Gasteiger partial charge in [0.1, 0.15) is 10.8 Å². The molecule has 2 aromatic rings. The molecule has 0 aliphatic heterocycles. The molecule has 0 aliphatic carbocycles. The summed E-state index contributed by atoms with van der Waals surface area (Å²) in [5, 5.41) is 21.0.